The minimum Gasteiger partial charge on any atom is -0.480 e. The molecule has 0 saturated carbocycles. The minimum atomic E-state index is -3.75. The molecule has 144 valence electrons. The number of carbonyl (C=O) groups is 1. The number of methoxy groups -OCH3 is 1. The lowest BCUT2D eigenvalue weighted by molar-refractivity contribution is -0.163. The highest BCUT2D eigenvalue weighted by atomic mass is 35.5. The van der Waals surface area contributed by atoms with Crippen molar-refractivity contribution in [3.8, 4) is 5.75 Å². The lowest BCUT2D eigenvalue weighted by Gasteiger charge is -2.18. The van der Waals surface area contributed by atoms with Crippen molar-refractivity contribution < 1.29 is 23.0 Å². The highest BCUT2D eigenvalue weighted by molar-refractivity contribution is 6.44. The molecule has 10 heteroatoms. The van der Waals surface area contributed by atoms with E-state index in [1.54, 1.807) is 24.3 Å². The zero-order chi connectivity index (χ0) is 20.0. The Labute approximate surface area is 168 Å². The number of aliphatic imine (C=N–C) groups is 1. The Kier molecular flexibility index (Phi) is 7.24. The molecule has 0 fully saturated rings. The van der Waals surface area contributed by atoms with Gasteiger partial charge in [0.1, 0.15) is 5.75 Å². The van der Waals surface area contributed by atoms with Gasteiger partial charge in [0.2, 0.25) is 10.7 Å². The number of amides is 2. The van der Waals surface area contributed by atoms with Crippen LogP contribution >= 0.6 is 34.8 Å². The third-order valence-electron chi connectivity index (χ3n) is 3.11. The first-order chi connectivity index (χ1) is 12.7. The van der Waals surface area contributed by atoms with Gasteiger partial charge in [-0.15, -0.1) is 0 Å². The van der Waals surface area contributed by atoms with Gasteiger partial charge in [-0.25, -0.2) is 4.79 Å². The predicted octanol–water partition coefficient (Wildman–Crippen LogP) is 5.74. The first-order valence-electron chi connectivity index (χ1n) is 7.36. The van der Waals surface area contributed by atoms with Gasteiger partial charge in [0.05, 0.1) is 17.7 Å². The van der Waals surface area contributed by atoms with Gasteiger partial charge in [0.25, 0.3) is 0 Å². The zero-order valence-electron chi connectivity index (χ0n) is 13.8. The zero-order valence-corrected chi connectivity index (χ0v) is 16.0. The fraction of sp³-hybridized carbons (Fsp3) is 0.176. The van der Waals surface area contributed by atoms with Crippen LogP contribution in [0.5, 0.6) is 5.75 Å². The lowest BCUT2D eigenvalue weighted by atomic mass is 10.2. The molecule has 0 spiro atoms. The van der Waals surface area contributed by atoms with Crippen LogP contribution in [0.15, 0.2) is 53.5 Å². The van der Waals surface area contributed by atoms with Gasteiger partial charge in [-0.1, -0.05) is 46.9 Å². The molecule has 2 aromatic carbocycles. The number of hydrogen-bond donors (Lipinski definition) is 1. The van der Waals surface area contributed by atoms with E-state index in [1.165, 1.54) is 31.4 Å². The molecule has 2 rings (SSSR count). The summed E-state index contributed by atoms with van der Waals surface area (Å²) in [5.74, 6) is -0.158. The molecule has 27 heavy (non-hydrogen) atoms. The first-order valence-corrected chi connectivity index (χ1v) is 8.61. The van der Waals surface area contributed by atoms with Crippen LogP contribution in [0, 0.1) is 0 Å². The van der Waals surface area contributed by atoms with E-state index >= 15 is 0 Å². The summed E-state index contributed by atoms with van der Waals surface area (Å²) >= 11 is 16.3. The van der Waals surface area contributed by atoms with Crippen molar-refractivity contribution in [1.29, 1.82) is 0 Å². The number of nitrogens with zero attached hydrogens (tertiary/aromatic N) is 1. The summed E-state index contributed by atoms with van der Waals surface area (Å²) in [6.07, 6.45) is -3.75. The summed E-state index contributed by atoms with van der Waals surface area (Å²) in [4.78, 5) is 13.8. The number of carbonyl (C=O) groups excluding carboxylic acids is 1. The van der Waals surface area contributed by atoms with Crippen LogP contribution in [-0.4, -0.2) is 30.0 Å². The fourth-order valence-electron chi connectivity index (χ4n) is 1.90. The highest BCUT2D eigenvalue weighted by Crippen LogP contribution is 2.30. The quantitative estimate of drug-likeness (QED) is 0.368. The third kappa shape index (κ3) is 5.95. The van der Waals surface area contributed by atoms with Gasteiger partial charge in [0, 0.05) is 5.69 Å². The van der Waals surface area contributed by atoms with Crippen LogP contribution in [0.2, 0.25) is 5.02 Å². The maximum atomic E-state index is 13.3. The number of ether oxygens (including phenoxy) is 2. The molecule has 0 heterocycles. The lowest BCUT2D eigenvalue weighted by Crippen LogP contribution is -2.32. The summed E-state index contributed by atoms with van der Waals surface area (Å²) in [5.41, 5.74) is 0.738. The van der Waals surface area contributed by atoms with Crippen molar-refractivity contribution in [1.82, 2.24) is 0 Å². The summed E-state index contributed by atoms with van der Waals surface area (Å²) in [6.45, 7) is 0. The number of anilines is 1. The van der Waals surface area contributed by atoms with E-state index in [1.807, 2.05) is 0 Å². The second-order valence-corrected chi connectivity index (χ2v) is 6.52. The molecule has 0 aromatic heterocycles. The summed E-state index contributed by atoms with van der Waals surface area (Å²) in [6, 6.07) is 11.1. The molecule has 0 atom stereocenters. The summed E-state index contributed by atoms with van der Waals surface area (Å²) in [5, 5.41) is 2.83. The smallest absolute Gasteiger partial charge is 0.428 e. The topological polar surface area (TPSA) is 59.9 Å². The molecule has 0 bridgehead atoms. The van der Waals surface area contributed by atoms with Crippen molar-refractivity contribution in [3.63, 3.8) is 0 Å². The van der Waals surface area contributed by atoms with E-state index < -0.39 is 17.0 Å². The van der Waals surface area contributed by atoms with Gasteiger partial charge in [0.15, 0.2) is 0 Å². The normalized spacial score (nSPS) is 12.0. The second kappa shape index (κ2) is 9.21. The van der Waals surface area contributed by atoms with Gasteiger partial charge >= 0.3 is 12.1 Å². The van der Waals surface area contributed by atoms with Crippen molar-refractivity contribution >= 4 is 52.4 Å². The average molecular weight is 438 g/mol. The Morgan fingerprint density at radius 3 is 2.33 bits per heavy atom. The monoisotopic (exact) mass is 436 g/mol. The van der Waals surface area contributed by atoms with Gasteiger partial charge in [-0.2, -0.15) is 13.8 Å². The highest BCUT2D eigenvalue weighted by Gasteiger charge is 2.40. The maximum Gasteiger partial charge on any atom is 0.428 e. The standard InChI is InChI=1S/C17H13Cl3F2N2O3/c1-26-14(12-4-2-3-5-13(12)18)24-16(25)23-10-6-8-11(9-7-10)27-17(21,22)15(19)20/h2-9,15H,1H3,(H,23,25)/b24-14-. The fourth-order valence-corrected chi connectivity index (χ4v) is 2.21. The van der Waals surface area contributed by atoms with E-state index in [9.17, 15) is 13.6 Å². The van der Waals surface area contributed by atoms with Crippen LogP contribution < -0.4 is 10.1 Å². The van der Waals surface area contributed by atoms with Crippen molar-refractivity contribution in [2.75, 3.05) is 12.4 Å². The number of urea groups is 1. The number of halogens is 5. The molecule has 2 aromatic rings. The van der Waals surface area contributed by atoms with Gasteiger partial charge in [-0.3, -0.25) is 0 Å². The number of hydrogen-bond acceptors (Lipinski definition) is 3. The molecule has 1 N–H and O–H groups in total. The molecule has 2 amide bonds. The molecule has 0 unspecified atom stereocenters. The molecule has 5 nitrogen and oxygen atoms in total. The van der Waals surface area contributed by atoms with Crippen LogP contribution in [0.25, 0.3) is 0 Å². The van der Waals surface area contributed by atoms with Crippen molar-refractivity contribution in [2.24, 2.45) is 4.99 Å². The Balaban J connectivity index is 2.08. The summed E-state index contributed by atoms with van der Waals surface area (Å²) < 4.78 is 36.1. The Morgan fingerprint density at radius 2 is 1.78 bits per heavy atom. The molecular formula is C17H13Cl3F2N2O3. The number of benzene rings is 2. The van der Waals surface area contributed by atoms with E-state index in [-0.39, 0.29) is 11.6 Å². The van der Waals surface area contributed by atoms with E-state index in [2.05, 4.69) is 15.0 Å². The van der Waals surface area contributed by atoms with Gasteiger partial charge in [-0.05, 0) is 36.4 Å². The largest absolute Gasteiger partial charge is 0.480 e. The van der Waals surface area contributed by atoms with Crippen molar-refractivity contribution in [3.05, 3.63) is 59.1 Å². The Hall–Kier alpha value is -2.09. The maximum absolute atomic E-state index is 13.3. The SMILES string of the molecule is CO/C(=N\C(=O)Nc1ccc(OC(F)(F)C(Cl)Cl)cc1)c1ccccc1Cl. The Morgan fingerprint density at radius 1 is 1.15 bits per heavy atom. The predicted molar refractivity (Wildman–Crippen MR) is 102 cm³/mol. The van der Waals surface area contributed by atoms with E-state index in [4.69, 9.17) is 39.5 Å². The number of alkyl halides is 4. The van der Waals surface area contributed by atoms with Crippen LogP contribution in [0.4, 0.5) is 19.3 Å². The molecule has 0 saturated heterocycles. The molecule has 0 aliphatic rings. The van der Waals surface area contributed by atoms with Crippen LogP contribution in [0.1, 0.15) is 5.56 Å². The Bertz CT molecular complexity index is 830. The molecule has 0 radical (unpaired) electrons. The minimum absolute atomic E-state index is 0.0213. The van der Waals surface area contributed by atoms with Crippen LogP contribution in [0.3, 0.4) is 0 Å². The van der Waals surface area contributed by atoms with Crippen LogP contribution in [-0.2, 0) is 4.74 Å². The second-order valence-electron chi connectivity index (χ2n) is 5.02. The van der Waals surface area contributed by atoms with Gasteiger partial charge < -0.3 is 14.8 Å². The average Bonchev–Trinajstić information content (AvgIpc) is 2.61. The van der Waals surface area contributed by atoms with E-state index in [0.29, 0.717) is 16.3 Å². The molecule has 0 aliphatic carbocycles. The number of nitrogens with one attached hydrogen (secondary N) is 1. The number of rotatable bonds is 5. The molecule has 0 aliphatic heterocycles. The third-order valence-corrected chi connectivity index (χ3v) is 3.95. The first kappa shape index (κ1) is 21.2. The molecular weight excluding hydrogens is 425 g/mol. The van der Waals surface area contributed by atoms with Crippen molar-refractivity contribution in [2.45, 2.75) is 10.9 Å². The summed E-state index contributed by atoms with van der Waals surface area (Å²) in [7, 11) is 1.35. The van der Waals surface area contributed by atoms with E-state index in [0.717, 1.165) is 0 Å².